The molecule has 1 fully saturated rings. The lowest BCUT2D eigenvalue weighted by molar-refractivity contribution is -0.265. The van der Waals surface area contributed by atoms with Crippen LogP contribution in [0.4, 0.5) is 0 Å². The van der Waals surface area contributed by atoms with Gasteiger partial charge in [0.1, 0.15) is 6.10 Å². The van der Waals surface area contributed by atoms with Gasteiger partial charge in [-0.25, -0.2) is 0 Å². The van der Waals surface area contributed by atoms with Crippen LogP contribution in [-0.4, -0.2) is 39.9 Å². The van der Waals surface area contributed by atoms with Gasteiger partial charge in [0.15, 0.2) is 6.29 Å². The van der Waals surface area contributed by atoms with Crippen LogP contribution < -0.4 is 0 Å². The van der Waals surface area contributed by atoms with Gasteiger partial charge in [0.2, 0.25) is 0 Å². The molecule has 1 heterocycles. The summed E-state index contributed by atoms with van der Waals surface area (Å²) in [6.07, 6.45) is -1.49. The van der Waals surface area contributed by atoms with Crippen LogP contribution in [-0.2, 0) is 4.74 Å². The fourth-order valence-electron chi connectivity index (χ4n) is 1.52. The fourth-order valence-corrected chi connectivity index (χ4v) is 1.52. The Bertz CT molecular complexity index is 182. The molecule has 0 radical (unpaired) electrons. The highest BCUT2D eigenvalue weighted by molar-refractivity contribution is 4.89. The monoisotopic (exact) mass is 188 g/mol. The molecule has 0 amide bonds. The zero-order chi connectivity index (χ0) is 10.0. The summed E-state index contributed by atoms with van der Waals surface area (Å²) in [6, 6.07) is 0. The summed E-state index contributed by atoms with van der Waals surface area (Å²) >= 11 is 0. The van der Waals surface area contributed by atoms with E-state index in [0.29, 0.717) is 6.42 Å². The van der Waals surface area contributed by atoms with Gasteiger partial charge in [0, 0.05) is 5.92 Å². The molecule has 4 nitrogen and oxygen atoms in total. The molecular formula is C9H16O4. The summed E-state index contributed by atoms with van der Waals surface area (Å²) in [5.74, 6) is -0.198. The van der Waals surface area contributed by atoms with Crippen molar-refractivity contribution in [2.45, 2.75) is 37.9 Å². The van der Waals surface area contributed by atoms with E-state index in [-0.39, 0.29) is 12.0 Å². The van der Waals surface area contributed by atoms with Crippen LogP contribution in [0.15, 0.2) is 12.7 Å². The van der Waals surface area contributed by atoms with Gasteiger partial charge >= 0.3 is 0 Å². The minimum atomic E-state index is -1.30. The van der Waals surface area contributed by atoms with Crippen molar-refractivity contribution in [3.8, 4) is 0 Å². The SMILES string of the molecule is C=CC[C@@H]1OC(O)[C@H](O)[C@H](O)[C@H]1C. The molecule has 0 saturated carbocycles. The topological polar surface area (TPSA) is 69.9 Å². The van der Waals surface area contributed by atoms with Crippen LogP contribution in [0.5, 0.6) is 0 Å². The van der Waals surface area contributed by atoms with E-state index in [1.54, 1.807) is 13.0 Å². The summed E-state index contributed by atoms with van der Waals surface area (Å²) in [7, 11) is 0. The molecule has 0 aliphatic carbocycles. The molecular weight excluding hydrogens is 172 g/mol. The van der Waals surface area contributed by atoms with Crippen molar-refractivity contribution in [2.24, 2.45) is 5.92 Å². The molecule has 0 aromatic rings. The maximum atomic E-state index is 9.49. The van der Waals surface area contributed by atoms with Gasteiger partial charge in [-0.05, 0) is 6.42 Å². The highest BCUT2D eigenvalue weighted by Gasteiger charge is 2.40. The van der Waals surface area contributed by atoms with E-state index >= 15 is 0 Å². The van der Waals surface area contributed by atoms with Gasteiger partial charge in [0.25, 0.3) is 0 Å². The first-order chi connectivity index (χ1) is 6.07. The number of hydrogen-bond donors (Lipinski definition) is 3. The molecule has 13 heavy (non-hydrogen) atoms. The Balaban J connectivity index is 2.64. The first kappa shape index (κ1) is 10.7. The Kier molecular flexibility index (Phi) is 3.44. The molecule has 5 atom stereocenters. The van der Waals surface area contributed by atoms with Crippen molar-refractivity contribution in [1.29, 1.82) is 0 Å². The molecule has 0 aromatic carbocycles. The van der Waals surface area contributed by atoms with Crippen LogP contribution in [0.25, 0.3) is 0 Å². The van der Waals surface area contributed by atoms with Gasteiger partial charge in [-0.3, -0.25) is 0 Å². The van der Waals surface area contributed by atoms with Crippen molar-refractivity contribution in [2.75, 3.05) is 0 Å². The molecule has 0 bridgehead atoms. The summed E-state index contributed by atoms with van der Waals surface area (Å²) in [5.41, 5.74) is 0. The van der Waals surface area contributed by atoms with E-state index in [2.05, 4.69) is 6.58 Å². The summed E-state index contributed by atoms with van der Waals surface area (Å²) < 4.78 is 5.10. The second-order valence-electron chi connectivity index (χ2n) is 3.43. The smallest absolute Gasteiger partial charge is 0.183 e. The number of ether oxygens (including phenoxy) is 1. The quantitative estimate of drug-likeness (QED) is 0.517. The van der Waals surface area contributed by atoms with Crippen molar-refractivity contribution < 1.29 is 20.1 Å². The Morgan fingerprint density at radius 3 is 2.46 bits per heavy atom. The summed E-state index contributed by atoms with van der Waals surface area (Å²) in [4.78, 5) is 0. The van der Waals surface area contributed by atoms with E-state index in [4.69, 9.17) is 4.74 Å². The van der Waals surface area contributed by atoms with Crippen LogP contribution in [0.2, 0.25) is 0 Å². The van der Waals surface area contributed by atoms with Crippen molar-refractivity contribution in [3.63, 3.8) is 0 Å². The minimum absolute atomic E-state index is 0.198. The van der Waals surface area contributed by atoms with E-state index in [0.717, 1.165) is 0 Å². The number of aliphatic hydroxyl groups excluding tert-OH is 3. The predicted molar refractivity (Wildman–Crippen MR) is 46.9 cm³/mol. The highest BCUT2D eigenvalue weighted by atomic mass is 16.6. The predicted octanol–water partition coefficient (Wildman–Crippen LogP) is -0.362. The molecule has 1 unspecified atom stereocenters. The van der Waals surface area contributed by atoms with Crippen molar-refractivity contribution in [1.82, 2.24) is 0 Å². The number of hydrogen-bond acceptors (Lipinski definition) is 4. The molecule has 4 heteroatoms. The van der Waals surface area contributed by atoms with Gasteiger partial charge in [-0.15, -0.1) is 6.58 Å². The Hall–Kier alpha value is -0.420. The van der Waals surface area contributed by atoms with E-state index in [1.807, 2.05) is 0 Å². The van der Waals surface area contributed by atoms with Crippen LogP contribution in [0.3, 0.4) is 0 Å². The minimum Gasteiger partial charge on any atom is -0.390 e. The molecule has 3 N–H and O–H groups in total. The molecule has 1 aliphatic heterocycles. The van der Waals surface area contributed by atoms with Gasteiger partial charge < -0.3 is 20.1 Å². The number of aliphatic hydroxyl groups is 3. The Morgan fingerprint density at radius 1 is 1.31 bits per heavy atom. The molecule has 0 aromatic heterocycles. The van der Waals surface area contributed by atoms with Gasteiger partial charge in [0.05, 0.1) is 12.2 Å². The third-order valence-electron chi connectivity index (χ3n) is 2.48. The Morgan fingerprint density at radius 2 is 1.92 bits per heavy atom. The molecule has 76 valence electrons. The van der Waals surface area contributed by atoms with E-state index < -0.39 is 18.5 Å². The van der Waals surface area contributed by atoms with Gasteiger partial charge in [-0.2, -0.15) is 0 Å². The molecule has 1 saturated heterocycles. The Labute approximate surface area is 77.5 Å². The molecule has 0 spiro atoms. The van der Waals surface area contributed by atoms with E-state index in [1.165, 1.54) is 0 Å². The van der Waals surface area contributed by atoms with Gasteiger partial charge in [-0.1, -0.05) is 13.0 Å². The number of rotatable bonds is 2. The fraction of sp³-hybridized carbons (Fsp3) is 0.778. The second-order valence-corrected chi connectivity index (χ2v) is 3.43. The first-order valence-corrected chi connectivity index (χ1v) is 4.38. The maximum Gasteiger partial charge on any atom is 0.183 e. The van der Waals surface area contributed by atoms with Crippen molar-refractivity contribution in [3.05, 3.63) is 12.7 Å². The van der Waals surface area contributed by atoms with E-state index in [9.17, 15) is 15.3 Å². The summed E-state index contributed by atoms with van der Waals surface area (Å²) in [5, 5.41) is 27.9. The highest BCUT2D eigenvalue weighted by Crippen LogP contribution is 2.26. The lowest BCUT2D eigenvalue weighted by Crippen LogP contribution is -2.53. The third-order valence-corrected chi connectivity index (χ3v) is 2.48. The summed E-state index contributed by atoms with van der Waals surface area (Å²) in [6.45, 7) is 5.32. The molecule has 1 rings (SSSR count). The standard InChI is InChI=1S/C9H16O4/c1-3-4-6-5(2)7(10)8(11)9(12)13-6/h3,5-12H,1,4H2,2H3/t5-,6-,7+,8+,9?/m0/s1. The van der Waals surface area contributed by atoms with Crippen molar-refractivity contribution >= 4 is 0 Å². The molecule has 1 aliphatic rings. The normalized spacial score (nSPS) is 46.0. The zero-order valence-electron chi connectivity index (χ0n) is 7.63. The average Bonchev–Trinajstić information content (AvgIpc) is 2.11. The lowest BCUT2D eigenvalue weighted by Gasteiger charge is -2.39. The maximum absolute atomic E-state index is 9.49. The second kappa shape index (κ2) is 4.19. The zero-order valence-corrected chi connectivity index (χ0v) is 7.63. The average molecular weight is 188 g/mol. The lowest BCUT2D eigenvalue weighted by atomic mass is 9.89. The van der Waals surface area contributed by atoms with Crippen LogP contribution >= 0.6 is 0 Å². The van der Waals surface area contributed by atoms with Crippen LogP contribution in [0.1, 0.15) is 13.3 Å². The largest absolute Gasteiger partial charge is 0.390 e. The van der Waals surface area contributed by atoms with Crippen LogP contribution in [0, 0.1) is 5.92 Å². The third kappa shape index (κ3) is 2.08. The first-order valence-electron chi connectivity index (χ1n) is 4.38.